The fourth-order valence-corrected chi connectivity index (χ4v) is 3.07. The van der Waals surface area contributed by atoms with Gasteiger partial charge in [-0.3, -0.25) is 0 Å². The summed E-state index contributed by atoms with van der Waals surface area (Å²) in [5, 5.41) is 1.42. The quantitative estimate of drug-likeness (QED) is 0.692. The lowest BCUT2D eigenvalue weighted by Gasteiger charge is -2.19. The third kappa shape index (κ3) is 4.72. The van der Waals surface area contributed by atoms with E-state index in [0.717, 1.165) is 23.7 Å². The Kier molecular flexibility index (Phi) is 5.28. The van der Waals surface area contributed by atoms with Crippen molar-refractivity contribution in [2.75, 3.05) is 0 Å². The van der Waals surface area contributed by atoms with Crippen molar-refractivity contribution < 1.29 is 0 Å². The molecule has 0 radical (unpaired) electrons. The molecule has 0 aliphatic carbocycles. The largest absolute Gasteiger partial charge is 0.226 e. The molecule has 2 aromatic rings. The Bertz CT molecular complexity index is 603. The first-order valence-corrected chi connectivity index (χ1v) is 8.40. The van der Waals surface area contributed by atoms with E-state index in [9.17, 15) is 0 Å². The summed E-state index contributed by atoms with van der Waals surface area (Å²) in [6.45, 7) is 8.77. The van der Waals surface area contributed by atoms with Crippen molar-refractivity contribution in [3.8, 4) is 0 Å². The van der Waals surface area contributed by atoms with Crippen LogP contribution < -0.4 is 0 Å². The zero-order valence-corrected chi connectivity index (χ0v) is 14.6. The Labute approximate surface area is 136 Å². The molecule has 0 atom stereocenters. The molecule has 0 unspecified atom stereocenters. The summed E-state index contributed by atoms with van der Waals surface area (Å²) in [6, 6.07) is 10.5. The van der Waals surface area contributed by atoms with Crippen molar-refractivity contribution in [3.05, 3.63) is 46.9 Å². The highest BCUT2D eigenvalue weighted by Crippen LogP contribution is 2.30. The summed E-state index contributed by atoms with van der Waals surface area (Å²) in [5.74, 6) is 0.818. The number of rotatable bonds is 4. The van der Waals surface area contributed by atoms with Crippen LogP contribution in [0, 0.1) is 0 Å². The molecule has 21 heavy (non-hydrogen) atoms. The van der Waals surface area contributed by atoms with Gasteiger partial charge in [0.25, 0.3) is 0 Å². The van der Waals surface area contributed by atoms with Gasteiger partial charge in [0.15, 0.2) is 0 Å². The molecular formula is C17H21ClN2S. The molecule has 0 N–H and O–H groups in total. The minimum atomic E-state index is 0.176. The average Bonchev–Trinajstić information content (AvgIpc) is 2.38. The number of benzene rings is 1. The molecule has 0 bridgehead atoms. The number of hydrogen-bond acceptors (Lipinski definition) is 3. The lowest BCUT2D eigenvalue weighted by atomic mass is 9.87. The standard InChI is InChI=1S/C17H21ClN2S/c1-5-6-15-19-14(18)11-16(20-15)21-13-9-7-12(8-10-13)17(2,3)4/h7-11H,5-6H2,1-4H3. The number of aromatic nitrogens is 2. The Hall–Kier alpha value is -1.06. The van der Waals surface area contributed by atoms with Crippen molar-refractivity contribution in [2.45, 2.75) is 55.9 Å². The van der Waals surface area contributed by atoms with Gasteiger partial charge in [0.1, 0.15) is 16.0 Å². The van der Waals surface area contributed by atoms with Crippen LogP contribution in [0.1, 0.15) is 45.5 Å². The molecule has 2 rings (SSSR count). The lowest BCUT2D eigenvalue weighted by molar-refractivity contribution is 0.590. The van der Waals surface area contributed by atoms with Gasteiger partial charge in [0.2, 0.25) is 0 Å². The molecule has 0 spiro atoms. The molecule has 0 fully saturated rings. The molecule has 1 aromatic carbocycles. The molecule has 1 heterocycles. The van der Waals surface area contributed by atoms with E-state index in [1.54, 1.807) is 11.8 Å². The fourth-order valence-electron chi connectivity index (χ4n) is 1.97. The van der Waals surface area contributed by atoms with Gasteiger partial charge in [0, 0.05) is 17.4 Å². The van der Waals surface area contributed by atoms with Gasteiger partial charge in [-0.2, -0.15) is 0 Å². The smallest absolute Gasteiger partial charge is 0.133 e. The predicted molar refractivity (Wildman–Crippen MR) is 90.3 cm³/mol. The van der Waals surface area contributed by atoms with E-state index >= 15 is 0 Å². The monoisotopic (exact) mass is 320 g/mol. The number of hydrogen-bond donors (Lipinski definition) is 0. The highest BCUT2D eigenvalue weighted by molar-refractivity contribution is 7.99. The summed E-state index contributed by atoms with van der Waals surface area (Å²) in [4.78, 5) is 9.98. The molecule has 2 nitrogen and oxygen atoms in total. The molecule has 0 saturated carbocycles. The van der Waals surface area contributed by atoms with E-state index in [1.807, 2.05) is 6.07 Å². The number of nitrogens with zero attached hydrogens (tertiary/aromatic N) is 2. The van der Waals surface area contributed by atoms with Gasteiger partial charge >= 0.3 is 0 Å². The average molecular weight is 321 g/mol. The van der Waals surface area contributed by atoms with Crippen molar-refractivity contribution >= 4 is 23.4 Å². The van der Waals surface area contributed by atoms with Gasteiger partial charge in [0.05, 0.1) is 0 Å². The maximum atomic E-state index is 6.07. The SMILES string of the molecule is CCCc1nc(Cl)cc(Sc2ccc(C(C)(C)C)cc2)n1. The minimum Gasteiger partial charge on any atom is -0.226 e. The second kappa shape index (κ2) is 6.80. The van der Waals surface area contributed by atoms with Gasteiger partial charge in [-0.25, -0.2) is 9.97 Å². The number of halogens is 1. The Balaban J connectivity index is 2.18. The topological polar surface area (TPSA) is 25.8 Å². The van der Waals surface area contributed by atoms with Crippen molar-refractivity contribution in [1.29, 1.82) is 0 Å². The van der Waals surface area contributed by atoms with Crippen LogP contribution in [-0.4, -0.2) is 9.97 Å². The third-order valence-electron chi connectivity index (χ3n) is 3.13. The Morgan fingerprint density at radius 3 is 2.33 bits per heavy atom. The van der Waals surface area contributed by atoms with Crippen molar-refractivity contribution in [1.82, 2.24) is 9.97 Å². The molecule has 1 aromatic heterocycles. The Morgan fingerprint density at radius 2 is 1.76 bits per heavy atom. The molecular weight excluding hydrogens is 300 g/mol. The molecule has 112 valence electrons. The predicted octanol–water partition coefficient (Wildman–Crippen LogP) is 5.53. The van der Waals surface area contributed by atoms with E-state index in [-0.39, 0.29) is 5.41 Å². The molecule has 0 saturated heterocycles. The van der Waals surface area contributed by atoms with Crippen LogP contribution in [0.4, 0.5) is 0 Å². The summed E-state index contributed by atoms with van der Waals surface area (Å²) in [7, 11) is 0. The van der Waals surface area contributed by atoms with Gasteiger partial charge in [-0.15, -0.1) is 0 Å². The van der Waals surface area contributed by atoms with E-state index < -0.39 is 0 Å². The van der Waals surface area contributed by atoms with Crippen LogP contribution in [-0.2, 0) is 11.8 Å². The normalized spacial score (nSPS) is 11.7. The van der Waals surface area contributed by atoms with Gasteiger partial charge < -0.3 is 0 Å². The van der Waals surface area contributed by atoms with Gasteiger partial charge in [-0.05, 0) is 29.5 Å². The van der Waals surface area contributed by atoms with E-state index in [4.69, 9.17) is 11.6 Å². The second-order valence-corrected chi connectivity index (χ2v) is 7.55. The van der Waals surface area contributed by atoms with Crippen LogP contribution in [0.15, 0.2) is 40.3 Å². The molecule has 0 aliphatic rings. The van der Waals surface area contributed by atoms with Gasteiger partial charge in [-0.1, -0.05) is 63.2 Å². The minimum absolute atomic E-state index is 0.176. The highest BCUT2D eigenvalue weighted by Gasteiger charge is 2.13. The van der Waals surface area contributed by atoms with Crippen LogP contribution in [0.2, 0.25) is 5.15 Å². The van der Waals surface area contributed by atoms with Crippen LogP contribution in [0.25, 0.3) is 0 Å². The molecule has 4 heteroatoms. The zero-order chi connectivity index (χ0) is 15.5. The lowest BCUT2D eigenvalue weighted by Crippen LogP contribution is -2.10. The molecule has 0 aliphatic heterocycles. The summed E-state index contributed by atoms with van der Waals surface area (Å²) >= 11 is 7.70. The van der Waals surface area contributed by atoms with E-state index in [0.29, 0.717) is 5.15 Å². The fraction of sp³-hybridized carbons (Fsp3) is 0.412. The van der Waals surface area contributed by atoms with E-state index in [2.05, 4.69) is 61.9 Å². The van der Waals surface area contributed by atoms with Crippen molar-refractivity contribution in [3.63, 3.8) is 0 Å². The zero-order valence-electron chi connectivity index (χ0n) is 13.0. The molecule has 0 amide bonds. The second-order valence-electron chi connectivity index (χ2n) is 6.07. The summed E-state index contributed by atoms with van der Waals surface area (Å²) < 4.78 is 0. The van der Waals surface area contributed by atoms with Crippen LogP contribution in [0.3, 0.4) is 0 Å². The number of aryl methyl sites for hydroxylation is 1. The maximum Gasteiger partial charge on any atom is 0.133 e. The first-order valence-electron chi connectivity index (χ1n) is 7.20. The first-order chi connectivity index (χ1) is 9.88. The van der Waals surface area contributed by atoms with Crippen molar-refractivity contribution in [2.24, 2.45) is 0 Å². The summed E-state index contributed by atoms with van der Waals surface area (Å²) in [6.07, 6.45) is 1.88. The van der Waals surface area contributed by atoms with Crippen LogP contribution in [0.5, 0.6) is 0 Å². The highest BCUT2D eigenvalue weighted by atomic mass is 35.5. The maximum absolute atomic E-state index is 6.07. The summed E-state index contributed by atoms with van der Waals surface area (Å²) in [5.41, 5.74) is 1.51. The third-order valence-corrected chi connectivity index (χ3v) is 4.25. The van der Waals surface area contributed by atoms with Crippen LogP contribution >= 0.6 is 23.4 Å². The van der Waals surface area contributed by atoms with E-state index in [1.165, 1.54) is 10.5 Å². The Morgan fingerprint density at radius 1 is 1.10 bits per heavy atom. The first kappa shape index (κ1) is 16.3.